The SMILES string of the molecule is Cn1nnnc1SCCCOc1ccc([N+](=O)[O-])cc1. The van der Waals surface area contributed by atoms with Crippen LogP contribution in [0.3, 0.4) is 0 Å². The molecule has 0 bridgehead atoms. The normalized spacial score (nSPS) is 10.4. The van der Waals surface area contributed by atoms with Crippen LogP contribution in [0.15, 0.2) is 29.4 Å². The van der Waals surface area contributed by atoms with Crippen molar-refractivity contribution >= 4 is 17.4 Å². The van der Waals surface area contributed by atoms with E-state index in [1.165, 1.54) is 12.1 Å². The molecule has 2 rings (SSSR count). The summed E-state index contributed by atoms with van der Waals surface area (Å²) < 4.78 is 7.11. The van der Waals surface area contributed by atoms with Crippen LogP contribution >= 0.6 is 11.8 Å². The summed E-state index contributed by atoms with van der Waals surface area (Å²) in [6.45, 7) is 0.538. The van der Waals surface area contributed by atoms with E-state index >= 15 is 0 Å². The van der Waals surface area contributed by atoms with Gasteiger partial charge >= 0.3 is 0 Å². The Kier molecular flexibility index (Phi) is 4.88. The number of non-ortho nitro benzene ring substituents is 1. The minimum absolute atomic E-state index is 0.0580. The number of nitro groups is 1. The number of nitro benzene ring substituents is 1. The van der Waals surface area contributed by atoms with Gasteiger partial charge in [-0.25, -0.2) is 4.68 Å². The van der Waals surface area contributed by atoms with Crippen molar-refractivity contribution in [2.45, 2.75) is 11.6 Å². The maximum Gasteiger partial charge on any atom is 0.269 e. The Labute approximate surface area is 119 Å². The first-order chi connectivity index (χ1) is 9.66. The standard InChI is InChI=1S/C11H13N5O3S/c1-15-11(12-13-14-15)20-8-2-7-19-10-5-3-9(4-6-10)16(17)18/h3-6H,2,7-8H2,1H3. The second-order valence-electron chi connectivity index (χ2n) is 3.89. The molecule has 0 saturated heterocycles. The highest BCUT2D eigenvalue weighted by atomic mass is 32.2. The Morgan fingerprint density at radius 3 is 2.75 bits per heavy atom. The maximum atomic E-state index is 10.5. The number of aryl methyl sites for hydroxylation is 1. The van der Waals surface area contributed by atoms with Crippen LogP contribution in [0, 0.1) is 10.1 Å². The van der Waals surface area contributed by atoms with E-state index in [2.05, 4.69) is 15.5 Å². The first-order valence-electron chi connectivity index (χ1n) is 5.89. The average Bonchev–Trinajstić information content (AvgIpc) is 2.84. The molecule has 0 unspecified atom stereocenters. The Hall–Kier alpha value is -2.16. The average molecular weight is 295 g/mol. The molecule has 1 aromatic carbocycles. The van der Waals surface area contributed by atoms with Crippen molar-refractivity contribution in [3.05, 3.63) is 34.4 Å². The number of rotatable bonds is 7. The number of nitrogens with zero attached hydrogens (tertiary/aromatic N) is 5. The van der Waals surface area contributed by atoms with Gasteiger partial charge in [-0.2, -0.15) is 0 Å². The molecule has 0 saturated carbocycles. The molecule has 1 heterocycles. The first kappa shape index (κ1) is 14.3. The highest BCUT2D eigenvalue weighted by Crippen LogP contribution is 2.18. The van der Waals surface area contributed by atoms with Gasteiger partial charge in [0, 0.05) is 24.9 Å². The molecular weight excluding hydrogens is 282 g/mol. The van der Waals surface area contributed by atoms with Crippen molar-refractivity contribution in [2.75, 3.05) is 12.4 Å². The van der Waals surface area contributed by atoms with E-state index in [9.17, 15) is 10.1 Å². The third kappa shape index (κ3) is 3.92. The molecule has 9 heteroatoms. The zero-order valence-electron chi connectivity index (χ0n) is 10.8. The number of thioether (sulfide) groups is 1. The van der Waals surface area contributed by atoms with E-state index in [-0.39, 0.29) is 5.69 Å². The summed E-state index contributed by atoms with van der Waals surface area (Å²) in [5.74, 6) is 1.46. The molecule has 0 N–H and O–H groups in total. The highest BCUT2D eigenvalue weighted by molar-refractivity contribution is 7.99. The smallest absolute Gasteiger partial charge is 0.269 e. The van der Waals surface area contributed by atoms with Crippen molar-refractivity contribution < 1.29 is 9.66 Å². The number of hydrogen-bond donors (Lipinski definition) is 0. The number of tetrazole rings is 1. The lowest BCUT2D eigenvalue weighted by Gasteiger charge is -2.05. The molecule has 20 heavy (non-hydrogen) atoms. The molecule has 0 atom stereocenters. The van der Waals surface area contributed by atoms with Crippen molar-refractivity contribution in [3.63, 3.8) is 0 Å². The monoisotopic (exact) mass is 295 g/mol. The van der Waals surface area contributed by atoms with Crippen LogP contribution in [0.4, 0.5) is 5.69 Å². The molecule has 8 nitrogen and oxygen atoms in total. The van der Waals surface area contributed by atoms with Crippen LogP contribution in [0.1, 0.15) is 6.42 Å². The molecule has 0 aliphatic heterocycles. The second-order valence-corrected chi connectivity index (χ2v) is 4.95. The summed E-state index contributed by atoms with van der Waals surface area (Å²) in [4.78, 5) is 10.1. The topological polar surface area (TPSA) is 96.0 Å². The van der Waals surface area contributed by atoms with Gasteiger partial charge in [-0.15, -0.1) is 5.10 Å². The Morgan fingerprint density at radius 1 is 1.40 bits per heavy atom. The minimum Gasteiger partial charge on any atom is -0.494 e. The number of hydrogen-bond acceptors (Lipinski definition) is 7. The fourth-order valence-corrected chi connectivity index (χ4v) is 2.18. The molecule has 0 spiro atoms. The summed E-state index contributed by atoms with van der Waals surface area (Å²) in [6, 6.07) is 6.04. The van der Waals surface area contributed by atoms with E-state index in [0.29, 0.717) is 12.4 Å². The molecule has 0 fully saturated rings. The van der Waals surface area contributed by atoms with Gasteiger partial charge in [0.1, 0.15) is 5.75 Å². The fraction of sp³-hybridized carbons (Fsp3) is 0.364. The van der Waals surface area contributed by atoms with Crippen LogP contribution in [-0.2, 0) is 7.05 Å². The van der Waals surface area contributed by atoms with Crippen LogP contribution in [0.25, 0.3) is 0 Å². The number of benzene rings is 1. The summed E-state index contributed by atoms with van der Waals surface area (Å²) in [5.41, 5.74) is 0.0580. The zero-order chi connectivity index (χ0) is 14.4. The van der Waals surface area contributed by atoms with Gasteiger partial charge in [0.05, 0.1) is 11.5 Å². The molecule has 0 radical (unpaired) electrons. The predicted octanol–water partition coefficient (Wildman–Crippen LogP) is 1.68. The lowest BCUT2D eigenvalue weighted by Crippen LogP contribution is -2.00. The Balaban J connectivity index is 1.68. The summed E-state index contributed by atoms with van der Waals surface area (Å²) in [7, 11) is 1.79. The van der Waals surface area contributed by atoms with E-state index < -0.39 is 4.92 Å². The Morgan fingerprint density at radius 2 is 2.15 bits per heavy atom. The van der Waals surface area contributed by atoms with Crippen LogP contribution in [0.5, 0.6) is 5.75 Å². The van der Waals surface area contributed by atoms with Gasteiger partial charge in [-0.3, -0.25) is 10.1 Å². The summed E-state index contributed by atoms with van der Waals surface area (Å²) >= 11 is 1.55. The van der Waals surface area contributed by atoms with E-state index in [1.807, 2.05) is 0 Å². The van der Waals surface area contributed by atoms with Crippen LogP contribution in [0.2, 0.25) is 0 Å². The zero-order valence-corrected chi connectivity index (χ0v) is 11.6. The molecule has 0 aliphatic carbocycles. The van der Waals surface area contributed by atoms with Crippen LogP contribution < -0.4 is 4.74 Å². The predicted molar refractivity (Wildman–Crippen MR) is 72.7 cm³/mol. The van der Waals surface area contributed by atoms with E-state index in [1.54, 1.807) is 35.6 Å². The molecule has 0 aliphatic rings. The fourth-order valence-electron chi connectivity index (χ4n) is 1.42. The third-order valence-electron chi connectivity index (χ3n) is 2.42. The lowest BCUT2D eigenvalue weighted by molar-refractivity contribution is -0.384. The van der Waals surface area contributed by atoms with Gasteiger partial charge in [0.2, 0.25) is 5.16 Å². The quantitative estimate of drug-likeness (QED) is 0.332. The van der Waals surface area contributed by atoms with Crippen molar-refractivity contribution in [3.8, 4) is 5.75 Å². The van der Waals surface area contributed by atoms with Crippen molar-refractivity contribution in [1.82, 2.24) is 20.2 Å². The van der Waals surface area contributed by atoms with Gasteiger partial charge in [0.25, 0.3) is 5.69 Å². The van der Waals surface area contributed by atoms with Crippen LogP contribution in [-0.4, -0.2) is 37.5 Å². The highest BCUT2D eigenvalue weighted by Gasteiger charge is 2.05. The second kappa shape index (κ2) is 6.85. The van der Waals surface area contributed by atoms with Crippen molar-refractivity contribution in [2.24, 2.45) is 7.05 Å². The molecule has 106 valence electrons. The number of ether oxygens (including phenoxy) is 1. The van der Waals surface area contributed by atoms with Gasteiger partial charge in [-0.05, 0) is 29.0 Å². The third-order valence-corrected chi connectivity index (χ3v) is 3.51. The van der Waals surface area contributed by atoms with Gasteiger partial charge < -0.3 is 4.74 Å². The molecule has 1 aromatic heterocycles. The van der Waals surface area contributed by atoms with Gasteiger partial charge in [-0.1, -0.05) is 11.8 Å². The maximum absolute atomic E-state index is 10.5. The molecular formula is C11H13N5O3S. The minimum atomic E-state index is -0.435. The van der Waals surface area contributed by atoms with Crippen molar-refractivity contribution in [1.29, 1.82) is 0 Å². The number of aromatic nitrogens is 4. The van der Waals surface area contributed by atoms with E-state index in [4.69, 9.17) is 4.74 Å². The van der Waals surface area contributed by atoms with E-state index in [0.717, 1.165) is 17.3 Å². The first-order valence-corrected chi connectivity index (χ1v) is 6.88. The summed E-state index contributed by atoms with van der Waals surface area (Å²) in [6.07, 6.45) is 0.828. The molecule has 2 aromatic rings. The largest absolute Gasteiger partial charge is 0.494 e. The Bertz CT molecular complexity index is 572. The van der Waals surface area contributed by atoms with Gasteiger partial charge in [0.15, 0.2) is 0 Å². The summed E-state index contributed by atoms with van der Waals surface area (Å²) in [5, 5.41) is 22.4. The molecule has 0 amide bonds. The lowest BCUT2D eigenvalue weighted by atomic mass is 10.3.